The van der Waals surface area contributed by atoms with Crippen LogP contribution in [-0.4, -0.2) is 11.5 Å². The SMILES string of the molecule is CCC(CCCCCCc1ccc2c(n1)NCCC2)c1cc(C)ccc1F. The smallest absolute Gasteiger partial charge is 0.129 e. The number of nitrogens with zero attached hydrogens (tertiary/aromatic N) is 1. The van der Waals surface area contributed by atoms with Gasteiger partial charge >= 0.3 is 0 Å². The van der Waals surface area contributed by atoms with Crippen molar-refractivity contribution >= 4 is 5.82 Å². The van der Waals surface area contributed by atoms with Crippen LogP contribution in [0.5, 0.6) is 0 Å². The summed E-state index contributed by atoms with van der Waals surface area (Å²) in [5.74, 6) is 1.41. The molecule has 2 heterocycles. The third-order valence-electron chi connectivity index (χ3n) is 5.77. The van der Waals surface area contributed by atoms with Gasteiger partial charge in [-0.1, -0.05) is 49.9 Å². The molecule has 1 aliphatic heterocycles. The Morgan fingerprint density at radius 3 is 2.81 bits per heavy atom. The number of hydrogen-bond donors (Lipinski definition) is 1. The molecule has 1 aromatic carbocycles. The van der Waals surface area contributed by atoms with Gasteiger partial charge in [0.2, 0.25) is 0 Å². The number of anilines is 1. The Bertz CT molecular complexity index is 741. The van der Waals surface area contributed by atoms with Gasteiger partial charge < -0.3 is 5.32 Å². The quantitative estimate of drug-likeness (QED) is 0.506. The summed E-state index contributed by atoms with van der Waals surface area (Å²) >= 11 is 0. The summed E-state index contributed by atoms with van der Waals surface area (Å²) in [5.41, 5.74) is 4.62. The Morgan fingerprint density at radius 1 is 1.11 bits per heavy atom. The molecule has 0 amide bonds. The van der Waals surface area contributed by atoms with Gasteiger partial charge in [-0.25, -0.2) is 9.37 Å². The molecule has 1 unspecified atom stereocenters. The number of aromatic nitrogens is 1. The summed E-state index contributed by atoms with van der Waals surface area (Å²) < 4.78 is 14.1. The molecule has 0 saturated carbocycles. The molecule has 1 N–H and O–H groups in total. The molecule has 0 fully saturated rings. The summed E-state index contributed by atoms with van der Waals surface area (Å²) in [6.07, 6.45) is 10.3. The summed E-state index contributed by atoms with van der Waals surface area (Å²) in [6.45, 7) is 5.26. The van der Waals surface area contributed by atoms with E-state index < -0.39 is 0 Å². The van der Waals surface area contributed by atoms with Crippen molar-refractivity contribution in [2.24, 2.45) is 0 Å². The maximum absolute atomic E-state index is 14.1. The molecule has 2 nitrogen and oxygen atoms in total. The van der Waals surface area contributed by atoms with Gasteiger partial charge in [0.25, 0.3) is 0 Å². The number of pyridine rings is 1. The van der Waals surface area contributed by atoms with Crippen LogP contribution >= 0.6 is 0 Å². The molecule has 3 rings (SSSR count). The van der Waals surface area contributed by atoms with Crippen molar-refractivity contribution in [3.05, 3.63) is 58.5 Å². The van der Waals surface area contributed by atoms with Crippen LogP contribution in [0.4, 0.5) is 10.2 Å². The molecule has 1 aromatic heterocycles. The number of benzene rings is 1. The van der Waals surface area contributed by atoms with Gasteiger partial charge in [0.1, 0.15) is 11.6 Å². The van der Waals surface area contributed by atoms with Gasteiger partial charge in [-0.3, -0.25) is 0 Å². The maximum Gasteiger partial charge on any atom is 0.129 e. The minimum atomic E-state index is -0.0421. The first-order valence-electron chi connectivity index (χ1n) is 10.7. The standard InChI is InChI=1S/C24H33FN2/c1-3-19(22-17-18(2)12-15-23(22)25)9-6-4-5-7-11-21-14-13-20-10-8-16-26-24(20)27-21/h12-15,17,19H,3-11,16H2,1-2H3,(H,26,27). The van der Waals surface area contributed by atoms with Crippen LogP contribution in [-0.2, 0) is 12.8 Å². The monoisotopic (exact) mass is 368 g/mol. The highest BCUT2D eigenvalue weighted by Gasteiger charge is 2.14. The number of nitrogens with one attached hydrogen (secondary N) is 1. The van der Waals surface area contributed by atoms with Crippen molar-refractivity contribution in [2.75, 3.05) is 11.9 Å². The lowest BCUT2D eigenvalue weighted by Crippen LogP contribution is -2.13. The zero-order chi connectivity index (χ0) is 19.1. The molecule has 146 valence electrons. The van der Waals surface area contributed by atoms with Crippen molar-refractivity contribution in [2.45, 2.75) is 77.6 Å². The van der Waals surface area contributed by atoms with Crippen LogP contribution < -0.4 is 5.32 Å². The predicted molar refractivity (Wildman–Crippen MR) is 112 cm³/mol. The highest BCUT2D eigenvalue weighted by atomic mass is 19.1. The number of aryl methyl sites for hydroxylation is 3. The zero-order valence-corrected chi connectivity index (χ0v) is 16.9. The molecule has 3 heteroatoms. The first-order valence-corrected chi connectivity index (χ1v) is 10.7. The second-order valence-electron chi connectivity index (χ2n) is 7.92. The third kappa shape index (κ3) is 5.54. The van der Waals surface area contributed by atoms with Gasteiger partial charge in [-0.2, -0.15) is 0 Å². The van der Waals surface area contributed by atoms with E-state index in [0.717, 1.165) is 49.2 Å². The van der Waals surface area contributed by atoms with Crippen LogP contribution in [0.2, 0.25) is 0 Å². The summed E-state index contributed by atoms with van der Waals surface area (Å²) in [7, 11) is 0. The van der Waals surface area contributed by atoms with E-state index >= 15 is 0 Å². The molecule has 1 atom stereocenters. The van der Waals surface area contributed by atoms with E-state index in [9.17, 15) is 4.39 Å². The molecule has 0 saturated heterocycles. The van der Waals surface area contributed by atoms with E-state index in [2.05, 4.69) is 24.4 Å². The zero-order valence-electron chi connectivity index (χ0n) is 16.9. The van der Waals surface area contributed by atoms with Gasteiger partial charge in [-0.05, 0) is 74.6 Å². The average Bonchev–Trinajstić information content (AvgIpc) is 2.69. The topological polar surface area (TPSA) is 24.9 Å². The lowest BCUT2D eigenvalue weighted by Gasteiger charge is -2.17. The Morgan fingerprint density at radius 2 is 1.96 bits per heavy atom. The van der Waals surface area contributed by atoms with Crippen molar-refractivity contribution in [1.29, 1.82) is 0 Å². The van der Waals surface area contributed by atoms with Crippen LogP contribution in [0.25, 0.3) is 0 Å². The highest BCUT2D eigenvalue weighted by Crippen LogP contribution is 2.29. The van der Waals surface area contributed by atoms with Crippen molar-refractivity contribution in [3.8, 4) is 0 Å². The van der Waals surface area contributed by atoms with Crippen LogP contribution in [0, 0.1) is 12.7 Å². The van der Waals surface area contributed by atoms with E-state index in [1.54, 1.807) is 6.07 Å². The summed E-state index contributed by atoms with van der Waals surface area (Å²) in [4.78, 5) is 4.78. The van der Waals surface area contributed by atoms with Gasteiger partial charge in [0.05, 0.1) is 0 Å². The fourth-order valence-electron chi connectivity index (χ4n) is 4.11. The molecule has 0 bridgehead atoms. The largest absolute Gasteiger partial charge is 0.370 e. The number of halogens is 1. The molecular formula is C24H33FN2. The number of rotatable bonds is 9. The third-order valence-corrected chi connectivity index (χ3v) is 5.77. The van der Waals surface area contributed by atoms with E-state index in [-0.39, 0.29) is 5.82 Å². The molecule has 2 aromatic rings. The van der Waals surface area contributed by atoms with Crippen LogP contribution in [0.15, 0.2) is 30.3 Å². The fourth-order valence-corrected chi connectivity index (χ4v) is 4.11. The second-order valence-corrected chi connectivity index (χ2v) is 7.92. The lowest BCUT2D eigenvalue weighted by molar-refractivity contribution is 0.509. The first-order chi connectivity index (χ1) is 13.2. The number of fused-ring (bicyclic) bond motifs is 1. The van der Waals surface area contributed by atoms with E-state index in [1.165, 1.54) is 43.4 Å². The Labute approximate surface area is 163 Å². The first kappa shape index (κ1) is 19.9. The Hall–Kier alpha value is -1.90. The van der Waals surface area contributed by atoms with E-state index in [4.69, 9.17) is 4.98 Å². The molecule has 1 aliphatic rings. The normalized spacial score (nSPS) is 14.5. The molecule has 0 spiro atoms. The minimum absolute atomic E-state index is 0.0421. The lowest BCUT2D eigenvalue weighted by atomic mass is 9.89. The Balaban J connectivity index is 1.39. The van der Waals surface area contributed by atoms with Crippen molar-refractivity contribution in [3.63, 3.8) is 0 Å². The van der Waals surface area contributed by atoms with Crippen molar-refractivity contribution < 1.29 is 4.39 Å². The van der Waals surface area contributed by atoms with Gasteiger partial charge in [0, 0.05) is 12.2 Å². The number of unbranched alkanes of at least 4 members (excludes halogenated alkanes) is 3. The summed E-state index contributed by atoms with van der Waals surface area (Å²) in [6, 6.07) is 9.94. The number of hydrogen-bond acceptors (Lipinski definition) is 2. The highest BCUT2D eigenvalue weighted by molar-refractivity contribution is 5.47. The van der Waals surface area contributed by atoms with Crippen LogP contribution in [0.1, 0.15) is 80.2 Å². The average molecular weight is 369 g/mol. The second kappa shape index (κ2) is 9.87. The molecule has 0 aliphatic carbocycles. The van der Waals surface area contributed by atoms with Crippen LogP contribution in [0.3, 0.4) is 0 Å². The van der Waals surface area contributed by atoms with E-state index in [0.29, 0.717) is 5.92 Å². The molecule has 27 heavy (non-hydrogen) atoms. The fraction of sp³-hybridized carbons (Fsp3) is 0.542. The minimum Gasteiger partial charge on any atom is -0.370 e. The summed E-state index contributed by atoms with van der Waals surface area (Å²) in [5, 5.41) is 3.41. The Kier molecular flexibility index (Phi) is 7.25. The molecule has 0 radical (unpaired) electrons. The molecular weight excluding hydrogens is 335 g/mol. The maximum atomic E-state index is 14.1. The van der Waals surface area contributed by atoms with E-state index in [1.807, 2.05) is 19.1 Å². The van der Waals surface area contributed by atoms with Crippen molar-refractivity contribution in [1.82, 2.24) is 4.98 Å². The van der Waals surface area contributed by atoms with Gasteiger partial charge in [0.15, 0.2) is 0 Å². The predicted octanol–water partition coefficient (Wildman–Crippen LogP) is 6.57. The van der Waals surface area contributed by atoms with Gasteiger partial charge in [-0.15, -0.1) is 0 Å².